The molecule has 26 heavy (non-hydrogen) atoms. The molecule has 0 amide bonds. The zero-order chi connectivity index (χ0) is 19.1. The van der Waals surface area contributed by atoms with Crippen LogP contribution in [-0.2, 0) is 29.3 Å². The number of aromatic nitrogens is 2. The molecule has 1 N–H and O–H groups in total. The van der Waals surface area contributed by atoms with Gasteiger partial charge in [0.2, 0.25) is 15.0 Å². The Kier molecular flexibility index (Phi) is 4.90. The molecule has 0 saturated heterocycles. The number of sulfone groups is 1. The van der Waals surface area contributed by atoms with E-state index in [4.69, 9.17) is 4.74 Å². The SMILES string of the molecule is COc1cc(C)c(CN2CCc3nc(S(C)(=O)=O)[nH]c(=O)c3C2)cc1C. The summed E-state index contributed by atoms with van der Waals surface area (Å²) in [6.45, 7) is 5.93. The molecule has 0 saturated carbocycles. The Balaban J connectivity index is 1.86. The molecule has 7 nitrogen and oxygen atoms in total. The fourth-order valence-corrected chi connectivity index (χ4v) is 3.80. The highest BCUT2D eigenvalue weighted by atomic mass is 32.2. The average Bonchev–Trinajstić information content (AvgIpc) is 2.57. The Labute approximate surface area is 153 Å². The van der Waals surface area contributed by atoms with E-state index in [0.717, 1.165) is 29.7 Å². The molecule has 0 atom stereocenters. The van der Waals surface area contributed by atoms with Gasteiger partial charge in [0.1, 0.15) is 5.75 Å². The first-order valence-corrected chi connectivity index (χ1v) is 10.3. The highest BCUT2D eigenvalue weighted by molar-refractivity contribution is 7.90. The third-order valence-electron chi connectivity index (χ3n) is 4.72. The number of fused-ring (bicyclic) bond motifs is 1. The maximum atomic E-state index is 12.3. The third kappa shape index (κ3) is 3.66. The van der Waals surface area contributed by atoms with Gasteiger partial charge in [0.15, 0.2) is 0 Å². The van der Waals surface area contributed by atoms with Gasteiger partial charge in [0.05, 0.1) is 18.4 Å². The van der Waals surface area contributed by atoms with Gasteiger partial charge in [0.25, 0.3) is 5.56 Å². The molecule has 1 aromatic carbocycles. The normalized spacial score (nSPS) is 14.9. The number of rotatable bonds is 4. The van der Waals surface area contributed by atoms with Gasteiger partial charge in [0, 0.05) is 32.3 Å². The third-order valence-corrected chi connectivity index (χ3v) is 5.62. The second-order valence-corrected chi connectivity index (χ2v) is 8.71. The van der Waals surface area contributed by atoms with Crippen LogP contribution >= 0.6 is 0 Å². The van der Waals surface area contributed by atoms with Crippen LogP contribution in [0.25, 0.3) is 0 Å². The summed E-state index contributed by atoms with van der Waals surface area (Å²) in [6, 6.07) is 4.13. The maximum absolute atomic E-state index is 12.3. The lowest BCUT2D eigenvalue weighted by molar-refractivity contribution is 0.240. The van der Waals surface area contributed by atoms with Crippen LogP contribution in [0.5, 0.6) is 5.75 Å². The van der Waals surface area contributed by atoms with Gasteiger partial charge in [-0.3, -0.25) is 14.7 Å². The number of hydrogen-bond donors (Lipinski definition) is 1. The Bertz CT molecular complexity index is 1010. The fourth-order valence-electron chi connectivity index (χ4n) is 3.25. The van der Waals surface area contributed by atoms with E-state index < -0.39 is 9.84 Å². The number of nitrogens with zero attached hydrogens (tertiary/aromatic N) is 2. The minimum Gasteiger partial charge on any atom is -0.496 e. The van der Waals surface area contributed by atoms with E-state index in [1.165, 1.54) is 5.56 Å². The van der Waals surface area contributed by atoms with Gasteiger partial charge in [-0.25, -0.2) is 13.4 Å². The highest BCUT2D eigenvalue weighted by Crippen LogP contribution is 2.25. The molecule has 1 aromatic heterocycles. The van der Waals surface area contributed by atoms with Crippen molar-refractivity contribution in [1.29, 1.82) is 0 Å². The summed E-state index contributed by atoms with van der Waals surface area (Å²) in [5, 5.41) is -0.253. The Morgan fingerprint density at radius 1 is 1.27 bits per heavy atom. The number of aromatic amines is 1. The summed E-state index contributed by atoms with van der Waals surface area (Å²) >= 11 is 0. The van der Waals surface area contributed by atoms with Crippen LogP contribution < -0.4 is 10.3 Å². The van der Waals surface area contributed by atoms with E-state index in [-0.39, 0.29) is 10.7 Å². The summed E-state index contributed by atoms with van der Waals surface area (Å²) in [6.07, 6.45) is 1.59. The molecule has 0 aliphatic carbocycles. The van der Waals surface area contributed by atoms with Gasteiger partial charge in [-0.15, -0.1) is 0 Å². The van der Waals surface area contributed by atoms with E-state index >= 15 is 0 Å². The van der Waals surface area contributed by atoms with Crippen molar-refractivity contribution in [3.8, 4) is 5.75 Å². The van der Waals surface area contributed by atoms with Crippen LogP contribution in [0.3, 0.4) is 0 Å². The molecule has 8 heteroatoms. The number of aryl methyl sites for hydroxylation is 2. The number of benzene rings is 1. The van der Waals surface area contributed by atoms with Crippen LogP contribution in [0, 0.1) is 13.8 Å². The molecule has 2 aromatic rings. The molecule has 0 radical (unpaired) electrons. The topological polar surface area (TPSA) is 92.4 Å². The first kappa shape index (κ1) is 18.6. The predicted molar refractivity (Wildman–Crippen MR) is 98.3 cm³/mol. The van der Waals surface area contributed by atoms with E-state index in [0.29, 0.717) is 30.8 Å². The van der Waals surface area contributed by atoms with Crippen molar-refractivity contribution in [2.24, 2.45) is 0 Å². The van der Waals surface area contributed by atoms with Crippen LogP contribution in [0.4, 0.5) is 0 Å². The van der Waals surface area contributed by atoms with Crippen molar-refractivity contribution in [3.63, 3.8) is 0 Å². The molecule has 140 valence electrons. The largest absolute Gasteiger partial charge is 0.496 e. The van der Waals surface area contributed by atoms with Crippen LogP contribution in [0.2, 0.25) is 0 Å². The molecular weight excluding hydrogens is 354 g/mol. The summed E-state index contributed by atoms with van der Waals surface area (Å²) < 4.78 is 28.6. The fraction of sp³-hybridized carbons (Fsp3) is 0.444. The maximum Gasteiger partial charge on any atom is 0.256 e. The quantitative estimate of drug-likeness (QED) is 0.809. The summed E-state index contributed by atoms with van der Waals surface area (Å²) in [5.74, 6) is 0.865. The van der Waals surface area contributed by atoms with Crippen molar-refractivity contribution >= 4 is 9.84 Å². The molecule has 3 rings (SSSR count). The van der Waals surface area contributed by atoms with Crippen molar-refractivity contribution < 1.29 is 13.2 Å². The summed E-state index contributed by atoms with van der Waals surface area (Å²) in [5.41, 5.74) is 4.15. The predicted octanol–water partition coefficient (Wildman–Crippen LogP) is 1.36. The molecule has 1 aliphatic rings. The average molecular weight is 377 g/mol. The van der Waals surface area contributed by atoms with Crippen molar-refractivity contribution in [3.05, 3.63) is 50.4 Å². The van der Waals surface area contributed by atoms with Gasteiger partial charge < -0.3 is 4.74 Å². The molecule has 0 spiro atoms. The lowest BCUT2D eigenvalue weighted by atomic mass is 10.0. The van der Waals surface area contributed by atoms with E-state index in [2.05, 4.69) is 20.9 Å². The number of H-pyrrole nitrogens is 1. The van der Waals surface area contributed by atoms with Crippen LogP contribution in [0.15, 0.2) is 22.1 Å². The lowest BCUT2D eigenvalue weighted by Gasteiger charge is -2.28. The number of hydrogen-bond acceptors (Lipinski definition) is 6. The first-order chi connectivity index (χ1) is 12.2. The monoisotopic (exact) mass is 377 g/mol. The second kappa shape index (κ2) is 6.85. The molecule has 2 heterocycles. The molecule has 0 bridgehead atoms. The summed E-state index contributed by atoms with van der Waals surface area (Å²) in [4.78, 5) is 21.1. The van der Waals surface area contributed by atoms with Crippen LogP contribution in [-0.4, -0.2) is 43.2 Å². The Hall–Kier alpha value is -2.19. The number of methoxy groups -OCH3 is 1. The van der Waals surface area contributed by atoms with Crippen LogP contribution in [0.1, 0.15) is 27.9 Å². The van der Waals surface area contributed by atoms with Gasteiger partial charge in [-0.1, -0.05) is 6.07 Å². The Morgan fingerprint density at radius 3 is 2.65 bits per heavy atom. The second-order valence-electron chi connectivity index (χ2n) is 6.78. The smallest absolute Gasteiger partial charge is 0.256 e. The van der Waals surface area contributed by atoms with E-state index in [9.17, 15) is 13.2 Å². The summed E-state index contributed by atoms with van der Waals surface area (Å²) in [7, 11) is -1.87. The number of ether oxygens (including phenoxy) is 1. The molecule has 1 aliphatic heterocycles. The Morgan fingerprint density at radius 2 is 2.00 bits per heavy atom. The zero-order valence-corrected chi connectivity index (χ0v) is 16.2. The molecular formula is C18H23N3O4S. The molecule has 0 unspecified atom stereocenters. The highest BCUT2D eigenvalue weighted by Gasteiger charge is 2.24. The lowest BCUT2D eigenvalue weighted by Crippen LogP contribution is -2.36. The van der Waals surface area contributed by atoms with E-state index in [1.54, 1.807) is 7.11 Å². The van der Waals surface area contributed by atoms with Gasteiger partial charge in [-0.05, 0) is 36.6 Å². The van der Waals surface area contributed by atoms with Crippen molar-refractivity contribution in [2.45, 2.75) is 38.5 Å². The number of nitrogens with one attached hydrogen (secondary N) is 1. The zero-order valence-electron chi connectivity index (χ0n) is 15.4. The van der Waals surface area contributed by atoms with Gasteiger partial charge >= 0.3 is 0 Å². The minimum atomic E-state index is -3.53. The minimum absolute atomic E-state index is 0.253. The molecule has 0 fully saturated rings. The van der Waals surface area contributed by atoms with E-state index in [1.807, 2.05) is 19.9 Å². The first-order valence-electron chi connectivity index (χ1n) is 8.37. The standard InChI is InChI=1S/C18H23N3O4S/c1-11-8-16(25-3)12(2)7-13(11)9-21-6-5-15-14(10-21)17(22)20-18(19-15)26(4,23)24/h7-8H,5-6,9-10H2,1-4H3,(H,19,20,22). The van der Waals surface area contributed by atoms with Crippen molar-refractivity contribution in [1.82, 2.24) is 14.9 Å². The van der Waals surface area contributed by atoms with Crippen molar-refractivity contribution in [2.75, 3.05) is 19.9 Å². The van der Waals surface area contributed by atoms with Gasteiger partial charge in [-0.2, -0.15) is 0 Å².